The lowest BCUT2D eigenvalue weighted by molar-refractivity contribution is 0.841. The maximum Gasteiger partial charge on any atom is 0.150 e. The van der Waals surface area contributed by atoms with Crippen LogP contribution in [0.2, 0.25) is 0 Å². The molecule has 0 amide bonds. The van der Waals surface area contributed by atoms with Crippen molar-refractivity contribution in [3.8, 4) is 0 Å². The molecule has 0 fully saturated rings. The van der Waals surface area contributed by atoms with E-state index in [1.54, 1.807) is 12.4 Å². The Balaban J connectivity index is 2.05. The Morgan fingerprint density at radius 2 is 2.07 bits per heavy atom. The highest BCUT2D eigenvalue weighted by molar-refractivity contribution is 5.14. The number of hydrogen-bond acceptors (Lipinski definition) is 3. The Morgan fingerprint density at radius 1 is 1.27 bits per heavy atom. The van der Waals surface area contributed by atoms with Crippen LogP contribution >= 0.6 is 0 Å². The lowest BCUT2D eigenvalue weighted by Gasteiger charge is -1.95. The summed E-state index contributed by atoms with van der Waals surface area (Å²) in [5, 5.41) is 7.11. The van der Waals surface area contributed by atoms with Crippen LogP contribution in [0, 0.1) is 0 Å². The zero-order valence-electron chi connectivity index (χ0n) is 8.77. The van der Waals surface area contributed by atoms with Crippen molar-refractivity contribution in [2.24, 2.45) is 0 Å². The fourth-order valence-corrected chi connectivity index (χ4v) is 1.44. The Morgan fingerprint density at radius 3 is 2.80 bits per heavy atom. The van der Waals surface area contributed by atoms with Crippen LogP contribution in [0.5, 0.6) is 0 Å². The third-order valence-electron chi connectivity index (χ3n) is 2.17. The van der Waals surface area contributed by atoms with Crippen LogP contribution in [0.15, 0.2) is 24.5 Å². The number of pyridine rings is 1. The minimum Gasteiger partial charge on any atom is -0.265 e. The van der Waals surface area contributed by atoms with Gasteiger partial charge in [-0.05, 0) is 24.1 Å². The van der Waals surface area contributed by atoms with Crippen LogP contribution < -0.4 is 0 Å². The second kappa shape index (κ2) is 4.68. The zero-order chi connectivity index (χ0) is 10.5. The van der Waals surface area contributed by atoms with Crippen molar-refractivity contribution in [1.29, 1.82) is 0 Å². The fourth-order valence-electron chi connectivity index (χ4n) is 1.44. The monoisotopic (exact) mass is 202 g/mol. The number of aromatic amines is 1. The molecule has 2 aromatic heterocycles. The predicted octanol–water partition coefficient (Wildman–Crippen LogP) is 1.74. The molecule has 0 aliphatic rings. The predicted molar refractivity (Wildman–Crippen MR) is 57.4 cm³/mol. The maximum atomic E-state index is 4.41. The summed E-state index contributed by atoms with van der Waals surface area (Å²) in [6, 6.07) is 3.98. The van der Waals surface area contributed by atoms with Gasteiger partial charge in [-0.1, -0.05) is 6.92 Å². The van der Waals surface area contributed by atoms with E-state index in [1.807, 2.05) is 12.1 Å². The quantitative estimate of drug-likeness (QED) is 0.821. The van der Waals surface area contributed by atoms with Gasteiger partial charge in [0.1, 0.15) is 5.82 Å². The smallest absolute Gasteiger partial charge is 0.150 e. The molecule has 0 aliphatic carbocycles. The molecule has 0 atom stereocenters. The third kappa shape index (κ3) is 2.62. The minimum absolute atomic E-state index is 0.791. The molecule has 0 aromatic carbocycles. The molecule has 4 heteroatoms. The molecular weight excluding hydrogens is 188 g/mol. The largest absolute Gasteiger partial charge is 0.265 e. The first-order valence-electron chi connectivity index (χ1n) is 5.17. The van der Waals surface area contributed by atoms with Gasteiger partial charge in [-0.25, -0.2) is 4.98 Å². The summed E-state index contributed by atoms with van der Waals surface area (Å²) < 4.78 is 0. The van der Waals surface area contributed by atoms with Crippen LogP contribution in [0.1, 0.15) is 30.6 Å². The summed E-state index contributed by atoms with van der Waals surface area (Å²) in [6.07, 6.45) is 6.38. The molecule has 2 heterocycles. The number of aromatic nitrogens is 4. The second-order valence-electron chi connectivity index (χ2n) is 3.48. The number of rotatable bonds is 4. The number of hydrogen-bond donors (Lipinski definition) is 1. The van der Waals surface area contributed by atoms with Crippen molar-refractivity contribution in [3.63, 3.8) is 0 Å². The van der Waals surface area contributed by atoms with E-state index >= 15 is 0 Å². The fraction of sp³-hybridized carbons (Fsp3) is 0.364. The van der Waals surface area contributed by atoms with Crippen molar-refractivity contribution >= 4 is 0 Å². The molecule has 0 saturated carbocycles. The average Bonchev–Trinajstić information content (AvgIpc) is 2.68. The summed E-state index contributed by atoms with van der Waals surface area (Å²) in [7, 11) is 0. The normalized spacial score (nSPS) is 10.5. The topological polar surface area (TPSA) is 54.5 Å². The Hall–Kier alpha value is -1.71. The zero-order valence-corrected chi connectivity index (χ0v) is 8.77. The van der Waals surface area contributed by atoms with E-state index in [4.69, 9.17) is 0 Å². The van der Waals surface area contributed by atoms with Crippen molar-refractivity contribution in [3.05, 3.63) is 41.7 Å². The van der Waals surface area contributed by atoms with E-state index in [9.17, 15) is 0 Å². The first-order chi connectivity index (χ1) is 7.38. The van der Waals surface area contributed by atoms with E-state index in [0.29, 0.717) is 0 Å². The van der Waals surface area contributed by atoms with Gasteiger partial charge in [0.15, 0.2) is 5.82 Å². The highest BCUT2D eigenvalue weighted by Crippen LogP contribution is 2.04. The van der Waals surface area contributed by atoms with E-state index < -0.39 is 0 Å². The number of H-pyrrole nitrogens is 1. The van der Waals surface area contributed by atoms with Gasteiger partial charge < -0.3 is 0 Å². The van der Waals surface area contributed by atoms with Crippen LogP contribution in [-0.2, 0) is 12.8 Å². The summed E-state index contributed by atoms with van der Waals surface area (Å²) >= 11 is 0. The summed E-state index contributed by atoms with van der Waals surface area (Å²) in [5.74, 6) is 1.83. The molecular formula is C11H14N4. The maximum absolute atomic E-state index is 4.41. The standard InChI is InChI=1S/C11H14N4/c1-2-3-10-13-11(15-14-10)8-9-4-6-12-7-5-9/h4-7H,2-3,8H2,1H3,(H,13,14,15). The van der Waals surface area contributed by atoms with Crippen molar-refractivity contribution in [2.75, 3.05) is 0 Å². The van der Waals surface area contributed by atoms with Gasteiger partial charge in [-0.3, -0.25) is 10.1 Å². The molecule has 0 saturated heterocycles. The molecule has 4 nitrogen and oxygen atoms in total. The van der Waals surface area contributed by atoms with Crippen LogP contribution in [-0.4, -0.2) is 20.2 Å². The molecule has 0 aliphatic heterocycles. The highest BCUT2D eigenvalue weighted by Gasteiger charge is 2.02. The number of aryl methyl sites for hydroxylation is 1. The Bertz CT molecular complexity index is 408. The lowest BCUT2D eigenvalue weighted by atomic mass is 10.2. The van der Waals surface area contributed by atoms with Gasteiger partial charge in [0, 0.05) is 25.2 Å². The summed E-state index contributed by atoms with van der Waals surface area (Å²) in [6.45, 7) is 2.12. The molecule has 0 radical (unpaired) electrons. The van der Waals surface area contributed by atoms with Gasteiger partial charge in [0.25, 0.3) is 0 Å². The summed E-state index contributed by atoms with van der Waals surface area (Å²) in [5.41, 5.74) is 1.20. The van der Waals surface area contributed by atoms with Gasteiger partial charge in [0.2, 0.25) is 0 Å². The van der Waals surface area contributed by atoms with Crippen molar-refractivity contribution < 1.29 is 0 Å². The number of nitrogens with one attached hydrogen (secondary N) is 1. The summed E-state index contributed by atoms with van der Waals surface area (Å²) in [4.78, 5) is 8.38. The molecule has 2 rings (SSSR count). The van der Waals surface area contributed by atoms with Crippen LogP contribution in [0.3, 0.4) is 0 Å². The Kier molecular flexibility index (Phi) is 3.07. The first kappa shape index (κ1) is 9.83. The Labute approximate surface area is 88.8 Å². The first-order valence-corrected chi connectivity index (χ1v) is 5.17. The second-order valence-corrected chi connectivity index (χ2v) is 3.48. The van der Waals surface area contributed by atoms with E-state index in [-0.39, 0.29) is 0 Å². The molecule has 0 bridgehead atoms. The van der Waals surface area contributed by atoms with Crippen LogP contribution in [0.4, 0.5) is 0 Å². The molecule has 2 aromatic rings. The van der Waals surface area contributed by atoms with Gasteiger partial charge >= 0.3 is 0 Å². The SMILES string of the molecule is CCCc1n[nH]c(Cc2ccncc2)n1. The highest BCUT2D eigenvalue weighted by atomic mass is 15.2. The van der Waals surface area contributed by atoms with E-state index in [2.05, 4.69) is 27.1 Å². The van der Waals surface area contributed by atoms with Gasteiger partial charge in [-0.2, -0.15) is 5.10 Å². The minimum atomic E-state index is 0.791. The molecule has 78 valence electrons. The van der Waals surface area contributed by atoms with Gasteiger partial charge in [-0.15, -0.1) is 0 Å². The molecule has 0 unspecified atom stereocenters. The number of nitrogens with zero attached hydrogens (tertiary/aromatic N) is 3. The molecule has 1 N–H and O–H groups in total. The molecule has 15 heavy (non-hydrogen) atoms. The average molecular weight is 202 g/mol. The van der Waals surface area contributed by atoms with E-state index in [0.717, 1.165) is 30.9 Å². The van der Waals surface area contributed by atoms with Crippen LogP contribution in [0.25, 0.3) is 0 Å². The third-order valence-corrected chi connectivity index (χ3v) is 2.17. The van der Waals surface area contributed by atoms with E-state index in [1.165, 1.54) is 5.56 Å². The van der Waals surface area contributed by atoms with Gasteiger partial charge in [0.05, 0.1) is 0 Å². The molecule has 0 spiro atoms. The lowest BCUT2D eigenvalue weighted by Crippen LogP contribution is -1.91. The van der Waals surface area contributed by atoms with Crippen molar-refractivity contribution in [2.45, 2.75) is 26.2 Å². The van der Waals surface area contributed by atoms with Crippen molar-refractivity contribution in [1.82, 2.24) is 20.2 Å².